The molecule has 3 aromatic rings. The smallest absolute Gasteiger partial charge is 0.338 e. The van der Waals surface area contributed by atoms with E-state index in [9.17, 15) is 27.6 Å². The molecule has 7 nitrogen and oxygen atoms in total. The van der Waals surface area contributed by atoms with Crippen molar-refractivity contribution in [2.45, 2.75) is 39.9 Å². The Morgan fingerprint density at radius 2 is 1.63 bits per heavy atom. The third-order valence-corrected chi connectivity index (χ3v) is 7.27. The Morgan fingerprint density at radius 3 is 2.29 bits per heavy atom. The summed E-state index contributed by atoms with van der Waals surface area (Å²) in [7, 11) is 0. The van der Waals surface area contributed by atoms with E-state index in [-0.39, 0.29) is 35.8 Å². The number of carbonyl (C=O) groups is 3. The number of nitrogens with zero attached hydrogens (tertiary/aromatic N) is 2. The zero-order valence-corrected chi connectivity index (χ0v) is 22.8. The van der Waals surface area contributed by atoms with Crippen LogP contribution in [0, 0.1) is 19.8 Å². The largest absolute Gasteiger partial charge is 0.416 e. The molecule has 0 aromatic heterocycles. The lowest BCUT2D eigenvalue weighted by molar-refractivity contribution is -0.137. The summed E-state index contributed by atoms with van der Waals surface area (Å²) < 4.78 is 40.8. The Hall–Kier alpha value is -4.60. The van der Waals surface area contributed by atoms with Crippen molar-refractivity contribution in [1.82, 2.24) is 15.8 Å². The molecule has 5 rings (SSSR count). The van der Waals surface area contributed by atoms with Crippen molar-refractivity contribution in [3.05, 3.63) is 100 Å². The summed E-state index contributed by atoms with van der Waals surface area (Å²) in [4.78, 5) is 42.1. The number of allylic oxidation sites excluding steroid dienone is 1. The lowest BCUT2D eigenvalue weighted by Gasteiger charge is -2.20. The average molecular weight is 563 g/mol. The monoisotopic (exact) mass is 562 g/mol. The molecule has 2 heterocycles. The zero-order valence-electron chi connectivity index (χ0n) is 22.8. The molecule has 41 heavy (non-hydrogen) atoms. The minimum absolute atomic E-state index is 0.0540. The maximum atomic E-state index is 13.7. The first-order valence-corrected chi connectivity index (χ1v) is 13.1. The van der Waals surface area contributed by atoms with Crippen LogP contribution in [-0.4, -0.2) is 29.2 Å². The van der Waals surface area contributed by atoms with E-state index in [1.165, 1.54) is 11.0 Å². The second kappa shape index (κ2) is 10.8. The molecule has 1 saturated heterocycles. The van der Waals surface area contributed by atoms with Gasteiger partial charge in [0.1, 0.15) is 0 Å². The SMILES string of the molecule is C/C(NNC(=O)C1CC(=O)N(Cc2ccccc2)C1)=C1/C(=O)N(c2cc(C)cc(C)c2)c2cc(C(F)(F)F)ccc21. The standard InChI is InChI=1S/C31H29F3N4O3/c1-18-11-19(2)13-24(12-18)38-26-15-23(31(32,33)34)9-10-25(26)28(30(38)41)20(3)35-36-29(40)22-14-27(39)37(17-22)16-21-7-5-4-6-8-21/h4-13,15,22,35H,14,16-17H2,1-3H3,(H,36,40)/b28-20-. The van der Waals surface area contributed by atoms with E-state index in [1.54, 1.807) is 24.0 Å². The quantitative estimate of drug-likeness (QED) is 0.311. The summed E-state index contributed by atoms with van der Waals surface area (Å²) in [6.07, 6.45) is -4.54. The maximum absolute atomic E-state index is 13.7. The molecule has 2 aliphatic rings. The highest BCUT2D eigenvalue weighted by Gasteiger charge is 2.39. The van der Waals surface area contributed by atoms with Crippen molar-refractivity contribution in [3.8, 4) is 0 Å². The molecule has 1 unspecified atom stereocenters. The molecule has 0 spiro atoms. The first-order valence-electron chi connectivity index (χ1n) is 13.1. The summed E-state index contributed by atoms with van der Waals surface area (Å²) in [5.74, 6) is -1.66. The lowest BCUT2D eigenvalue weighted by Crippen LogP contribution is -2.41. The second-order valence-electron chi connectivity index (χ2n) is 10.5. The van der Waals surface area contributed by atoms with Crippen LogP contribution in [0.15, 0.2) is 72.4 Å². The Balaban J connectivity index is 1.38. The molecule has 0 bridgehead atoms. The van der Waals surface area contributed by atoms with Crippen LogP contribution in [0.25, 0.3) is 5.57 Å². The number of halogens is 3. The van der Waals surface area contributed by atoms with Crippen molar-refractivity contribution in [2.75, 3.05) is 11.4 Å². The van der Waals surface area contributed by atoms with Gasteiger partial charge in [-0.25, -0.2) is 0 Å². The number of likely N-dealkylation sites (tertiary alicyclic amines) is 1. The van der Waals surface area contributed by atoms with Crippen molar-refractivity contribution >= 4 is 34.7 Å². The highest BCUT2D eigenvalue weighted by atomic mass is 19.4. The second-order valence-corrected chi connectivity index (χ2v) is 10.5. The molecule has 1 fully saturated rings. The number of hydrogen-bond acceptors (Lipinski definition) is 4. The highest BCUT2D eigenvalue weighted by Crippen LogP contribution is 2.45. The topological polar surface area (TPSA) is 81.7 Å². The van der Waals surface area contributed by atoms with E-state index in [1.807, 2.05) is 50.2 Å². The fourth-order valence-electron chi connectivity index (χ4n) is 5.36. The molecule has 2 aliphatic heterocycles. The number of hydrazine groups is 1. The molecule has 0 aliphatic carbocycles. The third kappa shape index (κ3) is 5.68. The Bertz CT molecular complexity index is 1550. The van der Waals surface area contributed by atoms with E-state index < -0.39 is 29.5 Å². The van der Waals surface area contributed by atoms with Gasteiger partial charge in [0, 0.05) is 36.5 Å². The molecule has 3 amide bonds. The van der Waals surface area contributed by atoms with Gasteiger partial charge >= 0.3 is 6.18 Å². The van der Waals surface area contributed by atoms with Crippen molar-refractivity contribution < 1.29 is 27.6 Å². The Labute approximate surface area is 235 Å². The molecule has 0 saturated carbocycles. The number of rotatable bonds is 6. The summed E-state index contributed by atoms with van der Waals surface area (Å²) in [5, 5.41) is 0. The number of fused-ring (bicyclic) bond motifs is 1. The summed E-state index contributed by atoms with van der Waals surface area (Å²) >= 11 is 0. The van der Waals surface area contributed by atoms with Crippen molar-refractivity contribution in [1.29, 1.82) is 0 Å². The zero-order chi connectivity index (χ0) is 29.5. The van der Waals surface area contributed by atoms with Crippen LogP contribution in [-0.2, 0) is 27.1 Å². The number of aryl methyl sites for hydroxylation is 2. The molecule has 0 radical (unpaired) electrons. The number of alkyl halides is 3. The predicted octanol–water partition coefficient (Wildman–Crippen LogP) is 5.40. The van der Waals surface area contributed by atoms with E-state index in [0.717, 1.165) is 28.8 Å². The first kappa shape index (κ1) is 27.9. The normalized spacial score (nSPS) is 18.0. The molecule has 212 valence electrons. The van der Waals surface area contributed by atoms with Crippen molar-refractivity contribution in [2.24, 2.45) is 5.92 Å². The van der Waals surface area contributed by atoms with Crippen LogP contribution >= 0.6 is 0 Å². The number of nitrogens with one attached hydrogen (secondary N) is 2. The molecule has 10 heteroatoms. The average Bonchev–Trinajstić information content (AvgIpc) is 3.42. The molecular weight excluding hydrogens is 533 g/mol. The third-order valence-electron chi connectivity index (χ3n) is 7.27. The number of hydrogen-bond donors (Lipinski definition) is 2. The van der Waals surface area contributed by atoms with E-state index >= 15 is 0 Å². The van der Waals surface area contributed by atoms with E-state index in [2.05, 4.69) is 10.9 Å². The van der Waals surface area contributed by atoms with Gasteiger partial charge in [0.25, 0.3) is 5.91 Å². The number of anilines is 2. The summed E-state index contributed by atoms with van der Waals surface area (Å²) in [6.45, 7) is 5.91. The molecule has 3 aromatic carbocycles. The van der Waals surface area contributed by atoms with Gasteiger partial charge in [-0.3, -0.25) is 24.7 Å². The molecular formula is C31H29F3N4O3. The van der Waals surface area contributed by atoms with Gasteiger partial charge in [-0.2, -0.15) is 13.2 Å². The van der Waals surface area contributed by atoms with Crippen LogP contribution in [0.5, 0.6) is 0 Å². The van der Waals surface area contributed by atoms with Crippen LogP contribution < -0.4 is 15.8 Å². The van der Waals surface area contributed by atoms with Gasteiger partial charge in [0.2, 0.25) is 11.8 Å². The Kier molecular flexibility index (Phi) is 7.33. The number of amides is 3. The van der Waals surface area contributed by atoms with Gasteiger partial charge in [0.05, 0.1) is 22.7 Å². The Morgan fingerprint density at radius 1 is 0.951 bits per heavy atom. The predicted molar refractivity (Wildman–Crippen MR) is 148 cm³/mol. The van der Waals surface area contributed by atoms with Crippen LogP contribution in [0.1, 0.15) is 41.2 Å². The first-order chi connectivity index (χ1) is 19.4. The minimum Gasteiger partial charge on any atom is -0.338 e. The van der Waals surface area contributed by atoms with Crippen LogP contribution in [0.2, 0.25) is 0 Å². The molecule has 2 N–H and O–H groups in total. The van der Waals surface area contributed by atoms with E-state index in [0.29, 0.717) is 17.8 Å². The van der Waals surface area contributed by atoms with Crippen molar-refractivity contribution in [3.63, 3.8) is 0 Å². The highest BCUT2D eigenvalue weighted by molar-refractivity contribution is 6.35. The summed E-state index contributed by atoms with van der Waals surface area (Å²) in [5.41, 5.74) is 8.43. The van der Waals surface area contributed by atoms with E-state index in [4.69, 9.17) is 0 Å². The van der Waals surface area contributed by atoms with Crippen LogP contribution in [0.3, 0.4) is 0 Å². The number of benzene rings is 3. The fourth-order valence-corrected chi connectivity index (χ4v) is 5.36. The maximum Gasteiger partial charge on any atom is 0.416 e. The van der Waals surface area contributed by atoms with Gasteiger partial charge in [-0.1, -0.05) is 42.5 Å². The van der Waals surface area contributed by atoms with Gasteiger partial charge in [-0.05, 0) is 61.7 Å². The van der Waals surface area contributed by atoms with Crippen LogP contribution in [0.4, 0.5) is 24.5 Å². The van der Waals surface area contributed by atoms with Gasteiger partial charge < -0.3 is 10.3 Å². The molecule has 1 atom stereocenters. The van der Waals surface area contributed by atoms with Gasteiger partial charge in [0.15, 0.2) is 0 Å². The lowest BCUT2D eigenvalue weighted by atomic mass is 10.0. The fraction of sp³-hybridized carbons (Fsp3) is 0.258. The summed E-state index contributed by atoms with van der Waals surface area (Å²) in [6, 6.07) is 18.0. The minimum atomic E-state index is -4.59. The van der Waals surface area contributed by atoms with Gasteiger partial charge in [-0.15, -0.1) is 0 Å². The number of carbonyl (C=O) groups excluding carboxylic acids is 3.